The second-order valence-corrected chi connectivity index (χ2v) is 8.22. The Morgan fingerprint density at radius 2 is 2.00 bits per heavy atom. The Labute approximate surface area is 156 Å². The fourth-order valence-corrected chi connectivity index (χ4v) is 4.82. The number of thiazole rings is 1. The van der Waals surface area contributed by atoms with E-state index >= 15 is 0 Å². The summed E-state index contributed by atoms with van der Waals surface area (Å²) in [6.07, 6.45) is 2.18. The van der Waals surface area contributed by atoms with E-state index in [0.717, 1.165) is 37.6 Å². The normalized spacial score (nSPS) is 12.2. The smallest absolute Gasteiger partial charge is 0.143 e. The monoisotopic (exact) mass is 415 g/mol. The van der Waals surface area contributed by atoms with Crippen LogP contribution in [-0.4, -0.2) is 14.5 Å². The maximum atomic E-state index is 4.86. The number of aromatic nitrogens is 3. The molecule has 120 valence electrons. The first kappa shape index (κ1) is 15.7. The second-order valence-electron chi connectivity index (χ2n) is 5.50. The van der Waals surface area contributed by atoms with Crippen LogP contribution in [0.3, 0.4) is 0 Å². The van der Waals surface area contributed by atoms with E-state index in [1.807, 2.05) is 25.1 Å². The van der Waals surface area contributed by atoms with Gasteiger partial charge in [0.15, 0.2) is 0 Å². The van der Waals surface area contributed by atoms with Gasteiger partial charge >= 0.3 is 0 Å². The van der Waals surface area contributed by atoms with Gasteiger partial charge in [-0.2, -0.15) is 0 Å². The van der Waals surface area contributed by atoms with Crippen LogP contribution < -0.4 is 0 Å². The number of fused-ring (bicyclic) bond motifs is 1. The van der Waals surface area contributed by atoms with Crippen LogP contribution >= 0.6 is 38.6 Å². The summed E-state index contributed by atoms with van der Waals surface area (Å²) in [6, 6.07) is 10.3. The van der Waals surface area contributed by atoms with Crippen molar-refractivity contribution in [3.63, 3.8) is 0 Å². The molecule has 0 saturated heterocycles. The first-order valence-electron chi connectivity index (χ1n) is 7.42. The molecule has 0 saturated carbocycles. The zero-order valence-corrected chi connectivity index (χ0v) is 16.4. The lowest BCUT2D eigenvalue weighted by atomic mass is 10.2. The zero-order chi connectivity index (χ0) is 16.7. The van der Waals surface area contributed by atoms with Crippen molar-refractivity contribution in [1.82, 2.24) is 14.5 Å². The predicted molar refractivity (Wildman–Crippen MR) is 107 cm³/mol. The standard InChI is InChI=1S/C18H14BrN3S2/c1-11-9-24-18(20-11)14(8-13-7-12(19)10-23-13)17-21-15-5-3-4-6-16(15)22(17)2/h3-10H,1-2H3. The third-order valence-corrected chi connectivity index (χ3v) is 6.39. The SMILES string of the molecule is Cc1csc(C(=Cc2cc(Br)cs2)c2nc3ccccc3n2C)n1. The van der Waals surface area contributed by atoms with Gasteiger partial charge in [0.25, 0.3) is 0 Å². The van der Waals surface area contributed by atoms with Crippen LogP contribution in [0.2, 0.25) is 0 Å². The van der Waals surface area contributed by atoms with Gasteiger partial charge in [0, 0.05) is 32.9 Å². The Kier molecular flexibility index (Phi) is 4.12. The molecule has 0 atom stereocenters. The van der Waals surface area contributed by atoms with Crippen LogP contribution in [0.15, 0.2) is 45.6 Å². The van der Waals surface area contributed by atoms with Gasteiger partial charge in [0.2, 0.25) is 0 Å². The highest BCUT2D eigenvalue weighted by Crippen LogP contribution is 2.32. The van der Waals surface area contributed by atoms with Crippen molar-refractivity contribution in [1.29, 1.82) is 0 Å². The molecular weight excluding hydrogens is 402 g/mol. The van der Waals surface area contributed by atoms with Gasteiger partial charge in [-0.3, -0.25) is 0 Å². The molecule has 0 unspecified atom stereocenters. The fraction of sp³-hybridized carbons (Fsp3) is 0.111. The van der Waals surface area contributed by atoms with Gasteiger partial charge in [-0.1, -0.05) is 12.1 Å². The number of aryl methyl sites for hydroxylation is 2. The summed E-state index contributed by atoms with van der Waals surface area (Å²) in [5.41, 5.74) is 4.22. The van der Waals surface area contributed by atoms with E-state index in [2.05, 4.69) is 56.5 Å². The molecular formula is C18H14BrN3S2. The number of hydrogen-bond donors (Lipinski definition) is 0. The lowest BCUT2D eigenvalue weighted by Gasteiger charge is -2.05. The van der Waals surface area contributed by atoms with E-state index in [0.29, 0.717) is 0 Å². The van der Waals surface area contributed by atoms with E-state index in [-0.39, 0.29) is 0 Å². The summed E-state index contributed by atoms with van der Waals surface area (Å²) >= 11 is 6.89. The molecule has 3 aromatic heterocycles. The number of benzene rings is 1. The number of hydrogen-bond acceptors (Lipinski definition) is 4. The molecule has 0 radical (unpaired) electrons. The van der Waals surface area contributed by atoms with Gasteiger partial charge in [-0.25, -0.2) is 9.97 Å². The minimum absolute atomic E-state index is 0.940. The largest absolute Gasteiger partial charge is 0.327 e. The van der Waals surface area contributed by atoms with Gasteiger partial charge in [0.05, 0.1) is 16.6 Å². The molecule has 0 amide bonds. The first-order chi connectivity index (χ1) is 11.6. The van der Waals surface area contributed by atoms with Gasteiger partial charge in [-0.15, -0.1) is 22.7 Å². The molecule has 4 rings (SSSR count). The summed E-state index contributed by atoms with van der Waals surface area (Å²) in [7, 11) is 2.06. The average Bonchev–Trinajstić information content (AvgIpc) is 3.26. The minimum atomic E-state index is 0.940. The minimum Gasteiger partial charge on any atom is -0.327 e. The highest BCUT2D eigenvalue weighted by molar-refractivity contribution is 9.10. The van der Waals surface area contributed by atoms with Crippen molar-refractivity contribution >= 4 is 61.3 Å². The number of halogens is 1. The summed E-state index contributed by atoms with van der Waals surface area (Å²) in [5, 5.41) is 5.16. The third-order valence-electron chi connectivity index (χ3n) is 3.75. The summed E-state index contributed by atoms with van der Waals surface area (Å²) in [5.74, 6) is 0.940. The molecule has 0 spiro atoms. The van der Waals surface area contributed by atoms with Crippen LogP contribution in [0, 0.1) is 6.92 Å². The molecule has 4 aromatic rings. The lowest BCUT2D eigenvalue weighted by Crippen LogP contribution is -1.98. The van der Waals surface area contributed by atoms with Crippen LogP contribution in [0.1, 0.15) is 21.4 Å². The van der Waals surface area contributed by atoms with Crippen molar-refractivity contribution in [2.24, 2.45) is 7.05 Å². The first-order valence-corrected chi connectivity index (χ1v) is 9.97. The van der Waals surface area contributed by atoms with Crippen LogP contribution in [0.5, 0.6) is 0 Å². The Morgan fingerprint density at radius 3 is 2.67 bits per heavy atom. The molecule has 6 heteroatoms. The Bertz CT molecular complexity index is 1060. The van der Waals surface area contributed by atoms with Crippen molar-refractivity contribution in [2.75, 3.05) is 0 Å². The molecule has 0 N–H and O–H groups in total. The van der Waals surface area contributed by atoms with Crippen LogP contribution in [0.4, 0.5) is 0 Å². The van der Waals surface area contributed by atoms with E-state index in [9.17, 15) is 0 Å². The molecule has 1 aromatic carbocycles. The molecule has 3 heterocycles. The maximum Gasteiger partial charge on any atom is 0.143 e. The molecule has 0 fully saturated rings. The number of para-hydroxylation sites is 2. The van der Waals surface area contributed by atoms with Crippen LogP contribution in [0.25, 0.3) is 22.7 Å². The van der Waals surface area contributed by atoms with E-state index in [1.165, 1.54) is 4.88 Å². The molecule has 0 bridgehead atoms. The predicted octanol–water partition coefficient (Wildman–Crippen LogP) is 5.75. The number of thiophene rings is 1. The number of nitrogens with zero attached hydrogens (tertiary/aromatic N) is 3. The molecule has 24 heavy (non-hydrogen) atoms. The average molecular weight is 416 g/mol. The highest BCUT2D eigenvalue weighted by Gasteiger charge is 2.17. The molecule has 0 aliphatic heterocycles. The van der Waals surface area contributed by atoms with Crippen molar-refractivity contribution in [3.8, 4) is 0 Å². The van der Waals surface area contributed by atoms with E-state index < -0.39 is 0 Å². The van der Waals surface area contributed by atoms with Gasteiger partial charge in [0.1, 0.15) is 10.8 Å². The fourth-order valence-electron chi connectivity index (χ4n) is 2.63. The summed E-state index contributed by atoms with van der Waals surface area (Å²) in [6.45, 7) is 2.02. The summed E-state index contributed by atoms with van der Waals surface area (Å²) < 4.78 is 3.24. The molecule has 0 aliphatic rings. The van der Waals surface area contributed by atoms with Crippen molar-refractivity contribution in [2.45, 2.75) is 6.92 Å². The van der Waals surface area contributed by atoms with Crippen molar-refractivity contribution in [3.05, 3.63) is 67.0 Å². The number of imidazole rings is 1. The molecule has 3 nitrogen and oxygen atoms in total. The van der Waals surface area contributed by atoms with Gasteiger partial charge < -0.3 is 4.57 Å². The third kappa shape index (κ3) is 2.85. The van der Waals surface area contributed by atoms with E-state index in [1.54, 1.807) is 22.7 Å². The van der Waals surface area contributed by atoms with Crippen LogP contribution in [-0.2, 0) is 7.05 Å². The maximum absolute atomic E-state index is 4.86. The van der Waals surface area contributed by atoms with Gasteiger partial charge in [-0.05, 0) is 47.1 Å². The Morgan fingerprint density at radius 1 is 1.17 bits per heavy atom. The highest BCUT2D eigenvalue weighted by atomic mass is 79.9. The Balaban J connectivity index is 1.94. The number of rotatable bonds is 3. The summed E-state index contributed by atoms with van der Waals surface area (Å²) in [4.78, 5) is 10.7. The quantitative estimate of drug-likeness (QED) is 0.426. The second kappa shape index (κ2) is 6.27. The van der Waals surface area contributed by atoms with Crippen molar-refractivity contribution < 1.29 is 0 Å². The Hall–Kier alpha value is -1.76. The topological polar surface area (TPSA) is 30.7 Å². The van der Waals surface area contributed by atoms with E-state index in [4.69, 9.17) is 9.97 Å². The lowest BCUT2D eigenvalue weighted by molar-refractivity contribution is 0.922. The molecule has 0 aliphatic carbocycles. The zero-order valence-electron chi connectivity index (χ0n) is 13.2.